The molecule has 4 rings (SSSR count). The van der Waals surface area contributed by atoms with Crippen LogP contribution in [0.5, 0.6) is 0 Å². The Labute approximate surface area is 133 Å². The highest BCUT2D eigenvalue weighted by Crippen LogP contribution is 2.33. The molecule has 4 heteroatoms. The van der Waals surface area contributed by atoms with Gasteiger partial charge >= 0.3 is 0 Å². The van der Waals surface area contributed by atoms with Gasteiger partial charge in [-0.15, -0.1) is 0 Å². The zero-order chi connectivity index (χ0) is 14.9. The van der Waals surface area contributed by atoms with Gasteiger partial charge in [-0.1, -0.05) is 12.1 Å². The van der Waals surface area contributed by atoms with Crippen LogP contribution in [0.15, 0.2) is 24.3 Å². The third kappa shape index (κ3) is 2.75. The van der Waals surface area contributed by atoms with Gasteiger partial charge < -0.3 is 10.2 Å². The molecule has 3 fully saturated rings. The first-order chi connectivity index (χ1) is 10.8. The van der Waals surface area contributed by atoms with Gasteiger partial charge in [-0.2, -0.15) is 5.06 Å². The first kappa shape index (κ1) is 14.5. The molecule has 0 unspecified atom stereocenters. The number of fused-ring (bicyclic) bond motifs is 1. The summed E-state index contributed by atoms with van der Waals surface area (Å²) in [7, 11) is 2.08. The second-order valence-electron chi connectivity index (χ2n) is 7.01. The van der Waals surface area contributed by atoms with Crippen molar-refractivity contribution < 1.29 is 4.84 Å². The molecule has 1 aromatic rings. The van der Waals surface area contributed by atoms with Crippen LogP contribution in [-0.2, 0) is 4.84 Å². The Morgan fingerprint density at radius 1 is 1.09 bits per heavy atom. The molecule has 0 aliphatic carbocycles. The molecular weight excluding hydrogens is 274 g/mol. The maximum Gasteiger partial charge on any atom is 0.0741 e. The lowest BCUT2D eigenvalue weighted by Crippen LogP contribution is -2.44. The number of benzene rings is 1. The first-order valence-electron chi connectivity index (χ1n) is 8.75. The summed E-state index contributed by atoms with van der Waals surface area (Å²) in [5, 5.41) is 5.78. The summed E-state index contributed by atoms with van der Waals surface area (Å²) in [6, 6.07) is 10.3. The van der Waals surface area contributed by atoms with Crippen LogP contribution in [-0.4, -0.2) is 44.4 Å². The SMILES string of the molecule is CN1OC[C@@H]2CN[C@H](c3ccc(N4CCCCC4)cc3)C[C@@H]21. The van der Waals surface area contributed by atoms with E-state index < -0.39 is 0 Å². The largest absolute Gasteiger partial charge is 0.372 e. The van der Waals surface area contributed by atoms with E-state index in [1.165, 1.54) is 43.6 Å². The number of rotatable bonds is 2. The van der Waals surface area contributed by atoms with Crippen molar-refractivity contribution in [3.63, 3.8) is 0 Å². The van der Waals surface area contributed by atoms with Gasteiger partial charge in [-0.3, -0.25) is 4.84 Å². The van der Waals surface area contributed by atoms with Gasteiger partial charge in [0.1, 0.15) is 0 Å². The number of anilines is 1. The number of nitrogens with zero attached hydrogens (tertiary/aromatic N) is 2. The summed E-state index contributed by atoms with van der Waals surface area (Å²) in [6.07, 6.45) is 5.20. The molecule has 1 N–H and O–H groups in total. The van der Waals surface area contributed by atoms with Crippen molar-refractivity contribution in [2.24, 2.45) is 5.92 Å². The van der Waals surface area contributed by atoms with Gasteiger partial charge in [-0.25, -0.2) is 0 Å². The molecule has 0 saturated carbocycles. The quantitative estimate of drug-likeness (QED) is 0.908. The van der Waals surface area contributed by atoms with E-state index in [0.717, 1.165) is 19.6 Å². The van der Waals surface area contributed by atoms with Crippen molar-refractivity contribution in [3.8, 4) is 0 Å². The number of piperidine rings is 2. The van der Waals surface area contributed by atoms with Crippen LogP contribution in [0.4, 0.5) is 5.69 Å². The summed E-state index contributed by atoms with van der Waals surface area (Å²) >= 11 is 0. The Balaban J connectivity index is 1.44. The average molecular weight is 301 g/mol. The normalized spacial score (nSPS) is 33.0. The lowest BCUT2D eigenvalue weighted by molar-refractivity contribution is -0.112. The van der Waals surface area contributed by atoms with E-state index in [-0.39, 0.29) is 0 Å². The third-order valence-corrected chi connectivity index (χ3v) is 5.62. The third-order valence-electron chi connectivity index (χ3n) is 5.62. The highest BCUT2D eigenvalue weighted by Gasteiger charge is 2.38. The topological polar surface area (TPSA) is 27.7 Å². The minimum Gasteiger partial charge on any atom is -0.372 e. The summed E-state index contributed by atoms with van der Waals surface area (Å²) in [4.78, 5) is 8.19. The fourth-order valence-corrected chi connectivity index (χ4v) is 4.19. The number of hydrogen-bond acceptors (Lipinski definition) is 4. The van der Waals surface area contributed by atoms with Crippen molar-refractivity contribution in [3.05, 3.63) is 29.8 Å². The van der Waals surface area contributed by atoms with Crippen LogP contribution < -0.4 is 10.2 Å². The van der Waals surface area contributed by atoms with E-state index in [2.05, 4.69) is 46.6 Å². The second-order valence-corrected chi connectivity index (χ2v) is 7.01. The highest BCUT2D eigenvalue weighted by molar-refractivity contribution is 5.48. The predicted octanol–water partition coefficient (Wildman–Crippen LogP) is 2.57. The highest BCUT2D eigenvalue weighted by atomic mass is 16.7. The Hall–Kier alpha value is -1.10. The molecule has 3 atom stereocenters. The molecular formula is C18H27N3O. The van der Waals surface area contributed by atoms with E-state index in [0.29, 0.717) is 18.0 Å². The molecule has 0 spiro atoms. The van der Waals surface area contributed by atoms with Crippen LogP contribution in [0, 0.1) is 5.92 Å². The molecule has 3 aliphatic rings. The molecule has 3 heterocycles. The predicted molar refractivity (Wildman–Crippen MR) is 88.9 cm³/mol. The molecule has 0 aromatic heterocycles. The zero-order valence-electron chi connectivity index (χ0n) is 13.5. The molecule has 3 aliphatic heterocycles. The summed E-state index contributed by atoms with van der Waals surface area (Å²) < 4.78 is 0. The standard InChI is InChI=1S/C18H27N3O/c1-20-18-11-17(19-12-15(18)13-22-20)14-5-7-16(8-6-14)21-9-3-2-4-10-21/h5-8,15,17-19H,2-4,9-13H2,1H3/t15-,17-,18-/m0/s1. The minimum atomic E-state index is 0.459. The zero-order valence-corrected chi connectivity index (χ0v) is 13.5. The molecule has 4 nitrogen and oxygen atoms in total. The molecule has 0 amide bonds. The molecule has 120 valence electrons. The lowest BCUT2D eigenvalue weighted by Gasteiger charge is -2.34. The summed E-state index contributed by atoms with van der Waals surface area (Å²) in [5.41, 5.74) is 2.80. The van der Waals surface area contributed by atoms with Gasteiger partial charge in [0.2, 0.25) is 0 Å². The van der Waals surface area contributed by atoms with Crippen LogP contribution in [0.25, 0.3) is 0 Å². The first-order valence-corrected chi connectivity index (χ1v) is 8.75. The minimum absolute atomic E-state index is 0.459. The van der Waals surface area contributed by atoms with Crippen LogP contribution in [0.2, 0.25) is 0 Å². The summed E-state index contributed by atoms with van der Waals surface area (Å²) in [5.74, 6) is 0.647. The van der Waals surface area contributed by atoms with E-state index in [4.69, 9.17) is 4.84 Å². The maximum absolute atomic E-state index is 5.67. The van der Waals surface area contributed by atoms with E-state index in [1.807, 2.05) is 0 Å². The Kier molecular flexibility index (Phi) is 4.07. The van der Waals surface area contributed by atoms with Gasteiger partial charge in [0.15, 0.2) is 0 Å². The number of nitrogens with one attached hydrogen (secondary N) is 1. The van der Waals surface area contributed by atoms with Crippen LogP contribution in [0.1, 0.15) is 37.3 Å². The van der Waals surface area contributed by atoms with Crippen LogP contribution in [0.3, 0.4) is 0 Å². The van der Waals surface area contributed by atoms with Gasteiger partial charge in [0, 0.05) is 50.4 Å². The monoisotopic (exact) mass is 301 g/mol. The summed E-state index contributed by atoms with van der Waals surface area (Å²) in [6.45, 7) is 4.36. The average Bonchev–Trinajstić information content (AvgIpc) is 2.96. The van der Waals surface area contributed by atoms with Crippen molar-refractivity contribution in [2.75, 3.05) is 38.2 Å². The molecule has 22 heavy (non-hydrogen) atoms. The van der Waals surface area contributed by atoms with E-state index in [9.17, 15) is 0 Å². The van der Waals surface area contributed by atoms with Crippen LogP contribution >= 0.6 is 0 Å². The van der Waals surface area contributed by atoms with Crippen molar-refractivity contribution in [1.29, 1.82) is 0 Å². The fraction of sp³-hybridized carbons (Fsp3) is 0.667. The molecule has 0 bridgehead atoms. The van der Waals surface area contributed by atoms with Gasteiger partial charge in [0.05, 0.1) is 6.61 Å². The Morgan fingerprint density at radius 2 is 1.86 bits per heavy atom. The maximum atomic E-state index is 5.67. The molecule has 0 radical (unpaired) electrons. The smallest absolute Gasteiger partial charge is 0.0741 e. The second kappa shape index (κ2) is 6.19. The molecule has 3 saturated heterocycles. The number of hydrogen-bond donors (Lipinski definition) is 1. The van der Waals surface area contributed by atoms with Crippen molar-refractivity contribution in [2.45, 2.75) is 37.8 Å². The van der Waals surface area contributed by atoms with Gasteiger partial charge in [0.25, 0.3) is 0 Å². The molecule has 1 aromatic carbocycles. The fourth-order valence-electron chi connectivity index (χ4n) is 4.19. The van der Waals surface area contributed by atoms with E-state index >= 15 is 0 Å². The van der Waals surface area contributed by atoms with Gasteiger partial charge in [-0.05, 0) is 43.4 Å². The van der Waals surface area contributed by atoms with E-state index in [1.54, 1.807) is 0 Å². The Bertz CT molecular complexity index is 498. The number of hydroxylamine groups is 2. The Morgan fingerprint density at radius 3 is 2.64 bits per heavy atom. The van der Waals surface area contributed by atoms with Crippen molar-refractivity contribution in [1.82, 2.24) is 10.4 Å². The van der Waals surface area contributed by atoms with Crippen molar-refractivity contribution >= 4 is 5.69 Å². The lowest BCUT2D eigenvalue weighted by atomic mass is 9.87.